The van der Waals surface area contributed by atoms with Crippen molar-refractivity contribution < 1.29 is 23.8 Å². The van der Waals surface area contributed by atoms with E-state index in [9.17, 15) is 19.1 Å². The number of halogens is 1. The minimum atomic E-state index is -0.961. The second-order valence-corrected chi connectivity index (χ2v) is 6.16. The second kappa shape index (κ2) is 6.60. The zero-order chi connectivity index (χ0) is 17.2. The van der Waals surface area contributed by atoms with Crippen molar-refractivity contribution in [1.82, 2.24) is 10.3 Å². The third-order valence-corrected chi connectivity index (χ3v) is 4.61. The number of aromatic amines is 1. The van der Waals surface area contributed by atoms with Crippen LogP contribution < -0.4 is 5.32 Å². The first-order chi connectivity index (χ1) is 11.5. The van der Waals surface area contributed by atoms with E-state index in [4.69, 9.17) is 4.74 Å². The molecule has 1 fully saturated rings. The van der Waals surface area contributed by atoms with Gasteiger partial charge in [0.25, 0.3) is 0 Å². The van der Waals surface area contributed by atoms with Crippen LogP contribution in [-0.4, -0.2) is 41.7 Å². The van der Waals surface area contributed by atoms with Gasteiger partial charge in [-0.2, -0.15) is 0 Å². The highest BCUT2D eigenvalue weighted by atomic mass is 19.1. The quantitative estimate of drug-likeness (QED) is 0.778. The number of amides is 1. The molecule has 1 aromatic heterocycles. The fourth-order valence-electron chi connectivity index (χ4n) is 3.04. The predicted octanol–water partition coefficient (Wildman–Crippen LogP) is 1.85. The van der Waals surface area contributed by atoms with Gasteiger partial charge in [-0.3, -0.25) is 9.59 Å². The normalized spacial score (nSPS) is 16.9. The Morgan fingerprint density at radius 1 is 1.33 bits per heavy atom. The highest BCUT2D eigenvalue weighted by molar-refractivity contribution is 5.89. The molecule has 0 spiro atoms. The van der Waals surface area contributed by atoms with Gasteiger partial charge >= 0.3 is 5.97 Å². The maximum Gasteiger partial charge on any atom is 0.311 e. The second-order valence-electron chi connectivity index (χ2n) is 6.16. The van der Waals surface area contributed by atoms with Crippen LogP contribution in [0.1, 0.15) is 18.4 Å². The molecule has 0 atom stereocenters. The molecule has 1 amide bonds. The standard InChI is InChI=1S/C17H19FN2O4/c18-12-1-2-13-11(9-19-14(13)8-12)7-15(21)20-10-17(16(22)23)3-5-24-6-4-17/h1-2,8-9,19H,3-7,10H2,(H,20,21)(H,22,23). The van der Waals surface area contributed by atoms with Crippen molar-refractivity contribution in [2.45, 2.75) is 19.3 Å². The molecular weight excluding hydrogens is 315 g/mol. The monoisotopic (exact) mass is 334 g/mol. The average Bonchev–Trinajstić information content (AvgIpc) is 2.95. The molecule has 3 N–H and O–H groups in total. The molecule has 7 heteroatoms. The summed E-state index contributed by atoms with van der Waals surface area (Å²) < 4.78 is 18.4. The van der Waals surface area contributed by atoms with Gasteiger partial charge in [-0.15, -0.1) is 0 Å². The first-order valence-electron chi connectivity index (χ1n) is 7.83. The van der Waals surface area contributed by atoms with Gasteiger partial charge in [0.15, 0.2) is 0 Å². The first-order valence-corrected chi connectivity index (χ1v) is 7.83. The summed E-state index contributed by atoms with van der Waals surface area (Å²) in [5.41, 5.74) is 0.417. The van der Waals surface area contributed by atoms with E-state index in [0.717, 1.165) is 10.9 Å². The molecule has 128 valence electrons. The van der Waals surface area contributed by atoms with Crippen molar-refractivity contribution in [3.8, 4) is 0 Å². The summed E-state index contributed by atoms with van der Waals surface area (Å²) in [5.74, 6) is -1.51. The maximum atomic E-state index is 13.2. The predicted molar refractivity (Wildman–Crippen MR) is 85.1 cm³/mol. The van der Waals surface area contributed by atoms with Crippen LogP contribution in [0.25, 0.3) is 10.9 Å². The van der Waals surface area contributed by atoms with Gasteiger partial charge in [-0.25, -0.2) is 4.39 Å². The summed E-state index contributed by atoms with van der Waals surface area (Å²) in [6.07, 6.45) is 2.55. The van der Waals surface area contributed by atoms with Crippen LogP contribution in [0.2, 0.25) is 0 Å². The summed E-state index contributed by atoms with van der Waals surface area (Å²) in [7, 11) is 0. The number of H-pyrrole nitrogens is 1. The van der Waals surface area contributed by atoms with E-state index in [1.165, 1.54) is 12.1 Å². The van der Waals surface area contributed by atoms with Crippen molar-refractivity contribution in [3.63, 3.8) is 0 Å². The Morgan fingerprint density at radius 2 is 2.08 bits per heavy atom. The van der Waals surface area contributed by atoms with Crippen LogP contribution >= 0.6 is 0 Å². The van der Waals surface area contributed by atoms with E-state index in [0.29, 0.717) is 31.6 Å². The van der Waals surface area contributed by atoms with E-state index < -0.39 is 11.4 Å². The minimum Gasteiger partial charge on any atom is -0.481 e. The summed E-state index contributed by atoms with van der Waals surface area (Å²) in [6, 6.07) is 4.35. The van der Waals surface area contributed by atoms with Gasteiger partial charge in [-0.05, 0) is 36.6 Å². The highest BCUT2D eigenvalue weighted by Gasteiger charge is 2.40. The molecule has 3 rings (SSSR count). The van der Waals surface area contributed by atoms with Crippen LogP contribution in [0, 0.1) is 11.2 Å². The lowest BCUT2D eigenvalue weighted by atomic mass is 9.80. The maximum absolute atomic E-state index is 13.2. The van der Waals surface area contributed by atoms with Gasteiger partial charge in [0.1, 0.15) is 5.82 Å². The van der Waals surface area contributed by atoms with E-state index in [2.05, 4.69) is 10.3 Å². The molecule has 2 heterocycles. The summed E-state index contributed by atoms with van der Waals surface area (Å²) in [5, 5.41) is 13.0. The fourth-order valence-corrected chi connectivity index (χ4v) is 3.04. The lowest BCUT2D eigenvalue weighted by Gasteiger charge is -2.33. The number of hydrogen-bond donors (Lipinski definition) is 3. The summed E-state index contributed by atoms with van der Waals surface area (Å²) >= 11 is 0. The first kappa shape index (κ1) is 16.4. The van der Waals surface area contributed by atoms with Crippen molar-refractivity contribution in [2.24, 2.45) is 5.41 Å². The largest absolute Gasteiger partial charge is 0.481 e. The van der Waals surface area contributed by atoms with Gasteiger partial charge in [0.2, 0.25) is 5.91 Å². The Balaban J connectivity index is 1.65. The summed E-state index contributed by atoms with van der Waals surface area (Å²) in [4.78, 5) is 26.7. The number of carboxylic acid groups (broad SMARTS) is 1. The average molecular weight is 334 g/mol. The molecule has 2 aromatic rings. The van der Waals surface area contributed by atoms with Crippen LogP contribution in [0.15, 0.2) is 24.4 Å². The number of carbonyl (C=O) groups excluding carboxylic acids is 1. The number of ether oxygens (including phenoxy) is 1. The van der Waals surface area contributed by atoms with Crippen LogP contribution in [0.3, 0.4) is 0 Å². The zero-order valence-electron chi connectivity index (χ0n) is 13.1. The Kier molecular flexibility index (Phi) is 4.53. The Bertz CT molecular complexity index is 765. The van der Waals surface area contributed by atoms with Crippen LogP contribution in [0.5, 0.6) is 0 Å². The molecular formula is C17H19FN2O4. The zero-order valence-corrected chi connectivity index (χ0v) is 13.1. The molecule has 1 saturated heterocycles. The van der Waals surface area contributed by atoms with Gasteiger partial charge in [0, 0.05) is 36.9 Å². The number of carboxylic acids is 1. The minimum absolute atomic E-state index is 0.0848. The number of carbonyl (C=O) groups is 2. The summed E-state index contributed by atoms with van der Waals surface area (Å²) in [6.45, 7) is 0.855. The number of aromatic nitrogens is 1. The molecule has 24 heavy (non-hydrogen) atoms. The van der Waals surface area contributed by atoms with Crippen molar-refractivity contribution in [3.05, 3.63) is 35.8 Å². The van der Waals surface area contributed by atoms with Crippen molar-refractivity contribution >= 4 is 22.8 Å². The molecule has 0 aliphatic carbocycles. The molecule has 1 aliphatic heterocycles. The van der Waals surface area contributed by atoms with Gasteiger partial charge in [0.05, 0.1) is 11.8 Å². The molecule has 6 nitrogen and oxygen atoms in total. The number of benzene rings is 1. The van der Waals surface area contributed by atoms with Gasteiger partial charge in [-0.1, -0.05) is 0 Å². The Hall–Kier alpha value is -2.41. The van der Waals surface area contributed by atoms with Crippen LogP contribution in [0.4, 0.5) is 4.39 Å². The molecule has 1 aliphatic rings. The topological polar surface area (TPSA) is 91.4 Å². The number of fused-ring (bicyclic) bond motifs is 1. The van der Waals surface area contributed by atoms with Crippen LogP contribution in [-0.2, 0) is 20.7 Å². The SMILES string of the molecule is O=C(Cc1c[nH]c2cc(F)ccc12)NCC1(C(=O)O)CCOCC1. The van der Waals surface area contributed by atoms with E-state index in [-0.39, 0.29) is 24.7 Å². The molecule has 1 aromatic carbocycles. The lowest BCUT2D eigenvalue weighted by molar-refractivity contribution is -0.154. The number of aliphatic carboxylic acids is 1. The smallest absolute Gasteiger partial charge is 0.311 e. The van der Waals surface area contributed by atoms with Gasteiger partial charge < -0.3 is 20.1 Å². The lowest BCUT2D eigenvalue weighted by Crippen LogP contribution is -2.46. The number of nitrogens with one attached hydrogen (secondary N) is 2. The molecule has 0 bridgehead atoms. The van der Waals surface area contributed by atoms with Crippen molar-refractivity contribution in [2.75, 3.05) is 19.8 Å². The Morgan fingerprint density at radius 3 is 2.79 bits per heavy atom. The Labute approximate surface area is 138 Å². The van der Waals surface area contributed by atoms with E-state index >= 15 is 0 Å². The van der Waals surface area contributed by atoms with E-state index in [1.54, 1.807) is 12.3 Å². The fraction of sp³-hybridized carbons (Fsp3) is 0.412. The molecule has 0 radical (unpaired) electrons. The third-order valence-electron chi connectivity index (χ3n) is 4.61. The van der Waals surface area contributed by atoms with Crippen molar-refractivity contribution in [1.29, 1.82) is 0 Å². The third kappa shape index (κ3) is 3.26. The molecule has 0 saturated carbocycles. The highest BCUT2D eigenvalue weighted by Crippen LogP contribution is 2.30. The number of rotatable bonds is 5. The molecule has 0 unspecified atom stereocenters. The number of hydrogen-bond acceptors (Lipinski definition) is 3. The van der Waals surface area contributed by atoms with E-state index in [1.807, 2.05) is 0 Å².